The van der Waals surface area contributed by atoms with Gasteiger partial charge >= 0.3 is 0 Å². The van der Waals surface area contributed by atoms with Crippen LogP contribution in [-0.4, -0.2) is 29.9 Å². The lowest BCUT2D eigenvalue weighted by Gasteiger charge is -2.37. The molecule has 0 aliphatic rings. The summed E-state index contributed by atoms with van der Waals surface area (Å²) in [5.41, 5.74) is 11.6. The highest BCUT2D eigenvalue weighted by Crippen LogP contribution is 2.24. The predicted molar refractivity (Wildman–Crippen MR) is 83.1 cm³/mol. The largest absolute Gasteiger partial charge is 0.368 e. The number of benzene rings is 1. The third-order valence-corrected chi connectivity index (χ3v) is 4.47. The van der Waals surface area contributed by atoms with Gasteiger partial charge in [-0.15, -0.1) is 0 Å². The fourth-order valence-electron chi connectivity index (χ4n) is 2.06. The first-order chi connectivity index (χ1) is 9.24. The van der Waals surface area contributed by atoms with Crippen LogP contribution in [0.15, 0.2) is 30.3 Å². The number of nitrogens with two attached hydrogens (primary N) is 2. The Morgan fingerprint density at radius 2 is 1.80 bits per heavy atom. The third kappa shape index (κ3) is 3.58. The molecule has 4 N–H and O–H groups in total. The number of rotatable bonds is 7. The Bertz CT molecular complexity index is 444. The van der Waals surface area contributed by atoms with E-state index in [0.717, 1.165) is 18.5 Å². The molecule has 4 nitrogen and oxygen atoms in total. The second kappa shape index (κ2) is 6.37. The maximum absolute atomic E-state index is 11.8. The lowest BCUT2D eigenvalue weighted by atomic mass is 9.86. The number of amides is 1. The monoisotopic (exact) mass is 277 g/mol. The molecular formula is C16H27N3O. The summed E-state index contributed by atoms with van der Waals surface area (Å²) < 4.78 is 0. The Morgan fingerprint density at radius 3 is 2.25 bits per heavy atom. The average molecular weight is 277 g/mol. The summed E-state index contributed by atoms with van der Waals surface area (Å²) in [6.07, 6.45) is 1.54. The standard InChI is InChI=1S/C16H27N3O/c1-5-15(2,3)19(4)12-11-16(18,14(17)20)13-9-7-6-8-10-13/h6-10H,5,11-12,18H2,1-4H3,(H2,17,20). The van der Waals surface area contributed by atoms with Crippen molar-refractivity contribution >= 4 is 5.91 Å². The van der Waals surface area contributed by atoms with E-state index in [1.165, 1.54) is 0 Å². The molecule has 1 aromatic carbocycles. The summed E-state index contributed by atoms with van der Waals surface area (Å²) in [4.78, 5) is 14.1. The van der Waals surface area contributed by atoms with E-state index in [0.29, 0.717) is 6.42 Å². The summed E-state index contributed by atoms with van der Waals surface area (Å²) >= 11 is 0. The maximum Gasteiger partial charge on any atom is 0.242 e. The zero-order chi connectivity index (χ0) is 15.4. The Labute approximate surface area is 122 Å². The molecule has 0 spiro atoms. The molecule has 20 heavy (non-hydrogen) atoms. The van der Waals surface area contributed by atoms with Crippen LogP contribution in [0.3, 0.4) is 0 Å². The third-order valence-electron chi connectivity index (χ3n) is 4.47. The summed E-state index contributed by atoms with van der Waals surface area (Å²) in [6.45, 7) is 7.22. The van der Waals surface area contributed by atoms with E-state index in [2.05, 4.69) is 32.7 Å². The van der Waals surface area contributed by atoms with Crippen LogP contribution in [0.5, 0.6) is 0 Å². The minimum Gasteiger partial charge on any atom is -0.368 e. The summed E-state index contributed by atoms with van der Waals surface area (Å²) in [5.74, 6) is -0.480. The quantitative estimate of drug-likeness (QED) is 0.798. The van der Waals surface area contributed by atoms with Crippen LogP contribution in [0.25, 0.3) is 0 Å². The second-order valence-corrected chi connectivity index (χ2v) is 6.04. The van der Waals surface area contributed by atoms with Gasteiger partial charge in [0.05, 0.1) is 0 Å². The van der Waals surface area contributed by atoms with Crippen LogP contribution in [0, 0.1) is 0 Å². The van der Waals surface area contributed by atoms with Crippen molar-refractivity contribution in [2.45, 2.75) is 44.7 Å². The highest BCUT2D eigenvalue weighted by Gasteiger charge is 2.35. The second-order valence-electron chi connectivity index (χ2n) is 6.04. The molecule has 0 aliphatic carbocycles. The van der Waals surface area contributed by atoms with Gasteiger partial charge in [0.2, 0.25) is 5.91 Å². The number of nitrogens with zero attached hydrogens (tertiary/aromatic N) is 1. The molecule has 0 fully saturated rings. The first-order valence-electron chi connectivity index (χ1n) is 7.09. The minimum absolute atomic E-state index is 0.0786. The van der Waals surface area contributed by atoms with Gasteiger partial charge in [0, 0.05) is 12.1 Å². The molecule has 1 atom stereocenters. The number of hydrogen-bond donors (Lipinski definition) is 2. The molecule has 1 unspecified atom stereocenters. The maximum atomic E-state index is 11.8. The summed E-state index contributed by atoms with van der Waals surface area (Å²) in [5, 5.41) is 0. The van der Waals surface area contributed by atoms with Crippen LogP contribution in [-0.2, 0) is 10.3 Å². The van der Waals surface area contributed by atoms with Crippen molar-refractivity contribution < 1.29 is 4.79 Å². The van der Waals surface area contributed by atoms with Crippen LogP contribution in [0.4, 0.5) is 0 Å². The Morgan fingerprint density at radius 1 is 1.25 bits per heavy atom. The van der Waals surface area contributed by atoms with Crippen molar-refractivity contribution in [1.82, 2.24) is 4.90 Å². The molecule has 1 amide bonds. The zero-order valence-electron chi connectivity index (χ0n) is 13.0. The molecule has 0 saturated carbocycles. The van der Waals surface area contributed by atoms with Gasteiger partial charge in [0.25, 0.3) is 0 Å². The molecule has 0 aromatic heterocycles. The zero-order valence-corrected chi connectivity index (χ0v) is 13.0. The van der Waals surface area contributed by atoms with E-state index in [9.17, 15) is 4.79 Å². The van der Waals surface area contributed by atoms with E-state index in [4.69, 9.17) is 11.5 Å². The summed E-state index contributed by atoms with van der Waals surface area (Å²) in [6, 6.07) is 9.36. The Balaban J connectivity index is 2.87. The lowest BCUT2D eigenvalue weighted by Crippen LogP contribution is -2.52. The van der Waals surface area contributed by atoms with Crippen molar-refractivity contribution in [3.63, 3.8) is 0 Å². The number of carbonyl (C=O) groups is 1. The van der Waals surface area contributed by atoms with E-state index in [1.54, 1.807) is 0 Å². The van der Waals surface area contributed by atoms with Crippen LogP contribution < -0.4 is 11.5 Å². The minimum atomic E-state index is -1.11. The molecule has 4 heteroatoms. The van der Waals surface area contributed by atoms with Gasteiger partial charge in [0.1, 0.15) is 5.54 Å². The fourth-order valence-corrected chi connectivity index (χ4v) is 2.06. The molecule has 0 heterocycles. The Kier molecular flexibility index (Phi) is 5.31. The van der Waals surface area contributed by atoms with E-state index in [-0.39, 0.29) is 5.54 Å². The van der Waals surface area contributed by atoms with E-state index >= 15 is 0 Å². The average Bonchev–Trinajstić information content (AvgIpc) is 2.44. The topological polar surface area (TPSA) is 72.3 Å². The van der Waals surface area contributed by atoms with Crippen LogP contribution >= 0.6 is 0 Å². The van der Waals surface area contributed by atoms with Crippen molar-refractivity contribution in [3.05, 3.63) is 35.9 Å². The molecule has 0 aliphatic heterocycles. The molecule has 0 bridgehead atoms. The first kappa shape index (κ1) is 16.7. The highest BCUT2D eigenvalue weighted by atomic mass is 16.1. The normalized spacial score (nSPS) is 15.1. The van der Waals surface area contributed by atoms with E-state index in [1.807, 2.05) is 30.3 Å². The van der Waals surface area contributed by atoms with Crippen molar-refractivity contribution in [2.24, 2.45) is 11.5 Å². The molecule has 1 aromatic rings. The smallest absolute Gasteiger partial charge is 0.242 e. The van der Waals surface area contributed by atoms with Crippen LogP contribution in [0.1, 0.15) is 39.2 Å². The highest BCUT2D eigenvalue weighted by molar-refractivity contribution is 5.85. The number of carbonyl (C=O) groups excluding carboxylic acids is 1. The van der Waals surface area contributed by atoms with Crippen LogP contribution in [0.2, 0.25) is 0 Å². The molecular weight excluding hydrogens is 250 g/mol. The Hall–Kier alpha value is -1.39. The van der Waals surface area contributed by atoms with Gasteiger partial charge in [-0.3, -0.25) is 4.79 Å². The van der Waals surface area contributed by atoms with Gasteiger partial charge in [-0.05, 0) is 39.3 Å². The van der Waals surface area contributed by atoms with Gasteiger partial charge in [-0.2, -0.15) is 0 Å². The van der Waals surface area contributed by atoms with Gasteiger partial charge < -0.3 is 16.4 Å². The molecule has 0 radical (unpaired) electrons. The van der Waals surface area contributed by atoms with Crippen molar-refractivity contribution in [2.75, 3.05) is 13.6 Å². The number of hydrogen-bond acceptors (Lipinski definition) is 3. The van der Waals surface area contributed by atoms with E-state index < -0.39 is 11.4 Å². The molecule has 112 valence electrons. The summed E-state index contributed by atoms with van der Waals surface area (Å²) in [7, 11) is 2.05. The van der Waals surface area contributed by atoms with Gasteiger partial charge in [0.15, 0.2) is 0 Å². The lowest BCUT2D eigenvalue weighted by molar-refractivity contribution is -0.124. The molecule has 0 saturated heterocycles. The number of primary amides is 1. The van der Waals surface area contributed by atoms with Crippen molar-refractivity contribution in [3.8, 4) is 0 Å². The molecule has 1 rings (SSSR count). The predicted octanol–water partition coefficient (Wildman–Crippen LogP) is 1.84. The van der Waals surface area contributed by atoms with Gasteiger partial charge in [-0.1, -0.05) is 37.3 Å². The first-order valence-corrected chi connectivity index (χ1v) is 7.09. The van der Waals surface area contributed by atoms with Gasteiger partial charge in [-0.25, -0.2) is 0 Å². The van der Waals surface area contributed by atoms with Crippen molar-refractivity contribution in [1.29, 1.82) is 0 Å². The SMILES string of the molecule is CCC(C)(C)N(C)CCC(N)(C(N)=O)c1ccccc1. The fraction of sp³-hybridized carbons (Fsp3) is 0.562.